The van der Waals surface area contributed by atoms with Crippen LogP contribution < -0.4 is 5.32 Å². The summed E-state index contributed by atoms with van der Waals surface area (Å²) in [4.78, 5) is 40.5. The van der Waals surface area contributed by atoms with E-state index in [1.807, 2.05) is 0 Å². The van der Waals surface area contributed by atoms with E-state index in [0.717, 1.165) is 6.07 Å². The molecule has 1 N–H and O–H groups in total. The average molecular weight is 673 g/mol. The Morgan fingerprint density at radius 1 is 0.865 bits per heavy atom. The minimum atomic E-state index is -3.22. The second-order valence-electron chi connectivity index (χ2n) is 6.23. The monoisotopic (exact) mass is 670 g/mol. The van der Waals surface area contributed by atoms with E-state index in [0.29, 0.717) is 5.56 Å². The number of amidine groups is 1. The molecule has 0 saturated heterocycles. The predicted molar refractivity (Wildman–Crippen MR) is 139 cm³/mol. The molecular weight excluding hydrogens is 665 g/mol. The maximum Gasteiger partial charge on any atom is 0.339 e. The molecule has 3 aromatic heterocycles. The predicted octanol–water partition coefficient (Wildman–Crippen LogP) is 6.68. The Kier molecular flexibility index (Phi) is 11.9. The van der Waals surface area contributed by atoms with Crippen molar-refractivity contribution < 1.29 is 22.9 Å². The highest BCUT2D eigenvalue weighted by atomic mass is 36.0. The molecule has 0 bridgehead atoms. The van der Waals surface area contributed by atoms with Gasteiger partial charge in [-0.1, -0.05) is 34.8 Å². The van der Waals surface area contributed by atoms with Crippen LogP contribution in [0.3, 0.4) is 0 Å². The van der Waals surface area contributed by atoms with Crippen molar-refractivity contribution in [2.24, 2.45) is 4.99 Å². The lowest BCUT2D eigenvalue weighted by Crippen LogP contribution is -2.45. The van der Waals surface area contributed by atoms with Gasteiger partial charge < -0.3 is 5.32 Å². The Labute approximate surface area is 241 Å². The molecule has 1 aliphatic rings. The Morgan fingerprint density at radius 3 is 1.78 bits per heavy atom. The van der Waals surface area contributed by atoms with Gasteiger partial charge in [0, 0.05) is 35.7 Å². The van der Waals surface area contributed by atoms with Crippen molar-refractivity contribution in [2.45, 2.75) is 5.38 Å². The minimum Gasteiger partial charge on any atom is -0.308 e. The van der Waals surface area contributed by atoms with E-state index in [-0.39, 0.29) is 32.6 Å². The van der Waals surface area contributed by atoms with E-state index in [2.05, 4.69) is 64.0 Å². The third-order valence-electron chi connectivity index (χ3n) is 3.67. The average Bonchev–Trinajstić information content (AvgIpc) is 2.80. The van der Waals surface area contributed by atoms with Crippen LogP contribution in [0, 0.1) is 11.9 Å². The highest BCUT2D eigenvalue weighted by molar-refractivity contribution is 8.24. The molecule has 0 fully saturated rings. The molecule has 0 aliphatic carbocycles. The van der Waals surface area contributed by atoms with E-state index in [1.165, 1.54) is 24.5 Å². The maximum absolute atomic E-state index is 12.9. The fraction of sp³-hybridized carbons (Fsp3) is 0.0556. The number of alkyl halides is 1. The zero-order valence-electron chi connectivity index (χ0n) is 17.4. The Bertz CT molecular complexity index is 1380. The molecule has 0 spiro atoms. The lowest BCUT2D eigenvalue weighted by atomic mass is 10.2. The first-order valence-corrected chi connectivity index (χ1v) is 15.0. The first-order chi connectivity index (χ1) is 17.2. The van der Waals surface area contributed by atoms with Gasteiger partial charge in [-0.15, -0.1) is 11.6 Å². The first kappa shape index (κ1) is 31.5. The molecule has 37 heavy (non-hydrogen) atoms. The number of carbonyl (C=O) groups excluding carboxylic acids is 2. The maximum atomic E-state index is 12.9. The van der Waals surface area contributed by atoms with Crippen molar-refractivity contribution in [3.05, 3.63) is 69.4 Å². The van der Waals surface area contributed by atoms with Crippen molar-refractivity contribution in [1.82, 2.24) is 25.3 Å². The van der Waals surface area contributed by atoms with Crippen LogP contribution in [-0.4, -0.2) is 43.0 Å². The van der Waals surface area contributed by atoms with E-state index in [9.17, 15) is 22.9 Å². The lowest BCUT2D eigenvalue weighted by molar-refractivity contribution is -0.127. The molecule has 1 aliphatic heterocycles. The van der Waals surface area contributed by atoms with Crippen LogP contribution in [0.2, 0.25) is 15.3 Å². The van der Waals surface area contributed by atoms with Crippen LogP contribution in [0.4, 0.5) is 8.78 Å². The number of nitrogens with one attached hydrogen (secondary N) is 1. The lowest BCUT2D eigenvalue weighted by Gasteiger charge is -2.15. The zero-order valence-corrected chi connectivity index (χ0v) is 23.5. The van der Waals surface area contributed by atoms with Gasteiger partial charge in [0.2, 0.25) is 11.9 Å². The molecule has 196 valence electrons. The van der Waals surface area contributed by atoms with Crippen LogP contribution in [0.15, 0.2) is 41.7 Å². The second kappa shape index (κ2) is 13.9. The van der Waals surface area contributed by atoms with Crippen molar-refractivity contribution in [3.63, 3.8) is 0 Å². The van der Waals surface area contributed by atoms with E-state index in [1.54, 1.807) is 6.07 Å². The SMILES string of the molecule is Fc1cc(-c2nc(Cl)c(Cl)c(Cl)n2)ccn1.O=C1N=C(c2ccnc(F)c2)NC(=O)C1Cl.O=P(Cl)(Cl)Cl. The van der Waals surface area contributed by atoms with Crippen molar-refractivity contribution in [1.29, 1.82) is 0 Å². The molecule has 3 aromatic rings. The summed E-state index contributed by atoms with van der Waals surface area (Å²) in [5.74, 6) is -2.63. The molecule has 0 radical (unpaired) electrons. The molecule has 1 atom stereocenters. The van der Waals surface area contributed by atoms with E-state index < -0.39 is 34.3 Å². The molecule has 1 unspecified atom stereocenters. The third kappa shape index (κ3) is 10.5. The van der Waals surface area contributed by atoms with Crippen LogP contribution in [0.25, 0.3) is 11.4 Å². The van der Waals surface area contributed by atoms with E-state index in [4.69, 9.17) is 46.4 Å². The van der Waals surface area contributed by atoms with Gasteiger partial charge in [-0.2, -0.15) is 13.8 Å². The van der Waals surface area contributed by atoms with Crippen LogP contribution in [0.1, 0.15) is 5.56 Å². The van der Waals surface area contributed by atoms with Crippen LogP contribution >= 0.6 is 85.3 Å². The largest absolute Gasteiger partial charge is 0.339 e. The van der Waals surface area contributed by atoms with Gasteiger partial charge in [0.25, 0.3) is 11.8 Å². The number of carbonyl (C=O) groups is 2. The summed E-state index contributed by atoms with van der Waals surface area (Å²) in [5, 5.41) is -2.13. The van der Waals surface area contributed by atoms with Gasteiger partial charge in [-0.25, -0.2) is 19.9 Å². The summed E-state index contributed by atoms with van der Waals surface area (Å²) in [6, 6.07) is 5.19. The number of nitrogens with zero attached hydrogens (tertiary/aromatic N) is 5. The molecule has 9 nitrogen and oxygen atoms in total. The summed E-state index contributed by atoms with van der Waals surface area (Å²) in [6.07, 6.45) is 2.50. The molecule has 2 amide bonds. The summed E-state index contributed by atoms with van der Waals surface area (Å²) in [6.45, 7) is 0. The molecule has 19 heteroatoms. The summed E-state index contributed by atoms with van der Waals surface area (Å²) >= 11 is 36.5. The first-order valence-electron chi connectivity index (χ1n) is 9.04. The van der Waals surface area contributed by atoms with Gasteiger partial charge in [0.05, 0.1) is 0 Å². The number of hydrogen-bond donors (Lipinski definition) is 1. The normalized spacial score (nSPS) is 14.9. The van der Waals surface area contributed by atoms with Crippen molar-refractivity contribution in [3.8, 4) is 11.4 Å². The van der Waals surface area contributed by atoms with Crippen molar-refractivity contribution >= 4 is 103 Å². The van der Waals surface area contributed by atoms with Crippen molar-refractivity contribution in [2.75, 3.05) is 0 Å². The highest BCUT2D eigenvalue weighted by Gasteiger charge is 2.30. The number of amides is 2. The van der Waals surface area contributed by atoms with Crippen LogP contribution in [-0.2, 0) is 14.2 Å². The van der Waals surface area contributed by atoms with Gasteiger partial charge in [0.1, 0.15) is 10.9 Å². The quantitative estimate of drug-likeness (QED) is 0.106. The number of aliphatic imine (C=N–C) groups is 1. The molecule has 0 saturated carbocycles. The highest BCUT2D eigenvalue weighted by Crippen LogP contribution is 2.61. The number of hydrogen-bond acceptors (Lipinski definition) is 7. The molecule has 0 aromatic carbocycles. The van der Waals surface area contributed by atoms with Gasteiger partial charge in [-0.05, 0) is 45.9 Å². The number of pyridine rings is 2. The number of halogens is 9. The zero-order chi connectivity index (χ0) is 27.9. The van der Waals surface area contributed by atoms with Gasteiger partial charge in [-0.3, -0.25) is 14.2 Å². The molecule has 4 heterocycles. The smallest absolute Gasteiger partial charge is 0.308 e. The van der Waals surface area contributed by atoms with Gasteiger partial charge in [0.15, 0.2) is 21.5 Å². The Morgan fingerprint density at radius 2 is 1.32 bits per heavy atom. The number of rotatable bonds is 2. The topological polar surface area (TPSA) is 127 Å². The second-order valence-corrected chi connectivity index (χ2v) is 14.4. The minimum absolute atomic E-state index is 0.0202. The van der Waals surface area contributed by atoms with Gasteiger partial charge >= 0.3 is 5.20 Å². The standard InChI is InChI=1S/C9H3Cl3FN3.C9H5ClFN3O2.Cl3OP/c10-6-7(11)15-9(16-8(6)12)4-1-2-14-5(13)3-4;10-6-8(15)13-7(14-9(6)16)4-1-2-12-5(11)3-4;1-5(2,3)4/h1-3H;1-3,6H,(H,13,14,15,16);. The summed E-state index contributed by atoms with van der Waals surface area (Å²) in [5.41, 5.74) is 0.686. The van der Waals surface area contributed by atoms with E-state index >= 15 is 0 Å². The van der Waals surface area contributed by atoms with Crippen LogP contribution in [0.5, 0.6) is 0 Å². The Hall–Kier alpha value is -1.69. The Balaban J connectivity index is 0.000000221. The third-order valence-corrected chi connectivity index (χ3v) is 5.15. The fourth-order valence-corrected chi connectivity index (χ4v) is 2.81. The molecular formula is C18H8Cl7F2N6O3P. The number of aromatic nitrogens is 4. The summed E-state index contributed by atoms with van der Waals surface area (Å²) < 4.78 is 35.2. The molecule has 4 rings (SSSR count). The summed E-state index contributed by atoms with van der Waals surface area (Å²) in [7, 11) is 0. The fourth-order valence-electron chi connectivity index (χ4n) is 2.24.